The molecule has 2 aromatic carbocycles. The third kappa shape index (κ3) is 3.68. The van der Waals surface area contributed by atoms with Gasteiger partial charge in [0.15, 0.2) is 0 Å². The van der Waals surface area contributed by atoms with Crippen LogP contribution in [-0.2, 0) is 6.42 Å². The summed E-state index contributed by atoms with van der Waals surface area (Å²) in [5, 5.41) is 3.94. The molecule has 1 amide bonds. The first-order valence-corrected chi connectivity index (χ1v) is 9.04. The number of hydrogen-bond acceptors (Lipinski definition) is 2. The second-order valence-electron chi connectivity index (χ2n) is 6.10. The number of carbonyl (C=O) groups is 1. The zero-order valence-corrected chi connectivity index (χ0v) is 15.5. The molecule has 0 fully saturated rings. The van der Waals surface area contributed by atoms with E-state index in [0.29, 0.717) is 5.69 Å². The van der Waals surface area contributed by atoms with E-state index in [1.165, 1.54) is 11.1 Å². The predicted molar refractivity (Wildman–Crippen MR) is 107 cm³/mol. The number of hydrogen-bond donors (Lipinski definition) is 2. The first-order valence-electron chi connectivity index (χ1n) is 8.25. The monoisotopic (exact) mass is 405 g/mol. The lowest BCUT2D eigenvalue weighted by Gasteiger charge is -2.06. The Morgan fingerprint density at radius 3 is 2.46 bits per heavy atom. The number of anilines is 1. The Balaban J connectivity index is 1.46. The van der Waals surface area contributed by atoms with Crippen LogP contribution in [0.2, 0.25) is 0 Å². The molecule has 0 bridgehead atoms. The van der Waals surface area contributed by atoms with E-state index in [2.05, 4.69) is 31.2 Å². The molecule has 2 heterocycles. The molecule has 2 aromatic heterocycles. The fraction of sp³-hybridized carbons (Fsp3) is 0.0476. The Morgan fingerprint density at radius 1 is 0.962 bits per heavy atom. The molecule has 0 aliphatic heterocycles. The number of fused-ring (bicyclic) bond motifs is 1. The summed E-state index contributed by atoms with van der Waals surface area (Å²) in [6.45, 7) is 0. The van der Waals surface area contributed by atoms with Crippen molar-refractivity contribution in [1.29, 1.82) is 0 Å². The smallest absolute Gasteiger partial charge is 0.272 e. The molecule has 2 N–H and O–H groups in total. The minimum Gasteiger partial charge on any atom is -0.350 e. The zero-order chi connectivity index (χ0) is 17.9. The van der Waals surface area contributed by atoms with Crippen molar-refractivity contribution < 1.29 is 4.79 Å². The number of amides is 1. The molecule has 0 aliphatic carbocycles. The molecule has 4 nitrogen and oxygen atoms in total. The van der Waals surface area contributed by atoms with Crippen molar-refractivity contribution in [2.45, 2.75) is 6.42 Å². The van der Waals surface area contributed by atoms with E-state index >= 15 is 0 Å². The highest BCUT2D eigenvalue weighted by atomic mass is 79.9. The molecule has 0 saturated heterocycles. The van der Waals surface area contributed by atoms with Crippen molar-refractivity contribution in [2.75, 3.05) is 5.32 Å². The van der Waals surface area contributed by atoms with Gasteiger partial charge in [0.05, 0.1) is 0 Å². The summed E-state index contributed by atoms with van der Waals surface area (Å²) < 4.78 is 0.976. The van der Waals surface area contributed by atoms with Crippen molar-refractivity contribution in [2.24, 2.45) is 0 Å². The molecule has 0 saturated carbocycles. The van der Waals surface area contributed by atoms with Gasteiger partial charge in [-0.15, -0.1) is 0 Å². The second kappa shape index (κ2) is 7.14. The van der Waals surface area contributed by atoms with Crippen LogP contribution < -0.4 is 5.32 Å². The molecule has 0 aliphatic rings. The van der Waals surface area contributed by atoms with Crippen LogP contribution in [0.5, 0.6) is 0 Å². The fourth-order valence-corrected chi connectivity index (χ4v) is 3.22. The Hall–Kier alpha value is -2.92. The fourth-order valence-electron chi connectivity index (χ4n) is 2.86. The van der Waals surface area contributed by atoms with Crippen LogP contribution in [0.1, 0.15) is 21.6 Å². The average molecular weight is 406 g/mol. The second-order valence-corrected chi connectivity index (χ2v) is 7.01. The summed E-state index contributed by atoms with van der Waals surface area (Å²) in [5.41, 5.74) is 4.63. The minimum absolute atomic E-state index is 0.154. The number of aromatic nitrogens is 2. The van der Waals surface area contributed by atoms with E-state index in [-0.39, 0.29) is 5.91 Å². The summed E-state index contributed by atoms with van der Waals surface area (Å²) >= 11 is 3.44. The van der Waals surface area contributed by atoms with Crippen LogP contribution in [-0.4, -0.2) is 15.9 Å². The Labute approximate surface area is 159 Å². The van der Waals surface area contributed by atoms with Gasteiger partial charge in [0.1, 0.15) is 5.69 Å². The van der Waals surface area contributed by atoms with Gasteiger partial charge in [-0.3, -0.25) is 9.78 Å². The number of pyridine rings is 1. The number of nitrogens with zero attached hydrogens (tertiary/aromatic N) is 1. The highest BCUT2D eigenvalue weighted by Gasteiger charge is 2.10. The van der Waals surface area contributed by atoms with E-state index in [0.717, 1.165) is 27.5 Å². The van der Waals surface area contributed by atoms with Crippen molar-refractivity contribution in [3.05, 3.63) is 94.4 Å². The molecule has 4 rings (SSSR count). The topological polar surface area (TPSA) is 57.8 Å². The van der Waals surface area contributed by atoms with Gasteiger partial charge in [-0.1, -0.05) is 34.1 Å². The third-order valence-corrected chi connectivity index (χ3v) is 4.69. The molecule has 26 heavy (non-hydrogen) atoms. The largest absolute Gasteiger partial charge is 0.350 e. The summed E-state index contributed by atoms with van der Waals surface area (Å²) in [7, 11) is 0. The molecule has 0 spiro atoms. The number of H-pyrrole nitrogens is 1. The number of carbonyl (C=O) groups excluding carboxylic acids is 1. The van der Waals surface area contributed by atoms with Gasteiger partial charge in [0.25, 0.3) is 5.91 Å². The van der Waals surface area contributed by atoms with E-state index < -0.39 is 0 Å². The lowest BCUT2D eigenvalue weighted by molar-refractivity contribution is 0.102. The van der Waals surface area contributed by atoms with Crippen LogP contribution >= 0.6 is 15.9 Å². The highest BCUT2D eigenvalue weighted by molar-refractivity contribution is 9.10. The van der Waals surface area contributed by atoms with E-state index in [4.69, 9.17) is 0 Å². The number of rotatable bonds is 4. The minimum atomic E-state index is -0.154. The lowest BCUT2D eigenvalue weighted by Crippen LogP contribution is -2.12. The van der Waals surface area contributed by atoms with Crippen molar-refractivity contribution in [3.63, 3.8) is 0 Å². The Kier molecular flexibility index (Phi) is 4.54. The van der Waals surface area contributed by atoms with Gasteiger partial charge in [-0.25, -0.2) is 0 Å². The van der Waals surface area contributed by atoms with Crippen LogP contribution in [0.3, 0.4) is 0 Å². The van der Waals surface area contributed by atoms with Gasteiger partial charge in [-0.2, -0.15) is 0 Å². The Bertz CT molecular complexity index is 1060. The van der Waals surface area contributed by atoms with Crippen molar-refractivity contribution in [1.82, 2.24) is 9.97 Å². The summed E-state index contributed by atoms with van der Waals surface area (Å²) in [6, 6.07) is 19.7. The zero-order valence-electron chi connectivity index (χ0n) is 13.9. The molecule has 5 heteroatoms. The standard InChI is InChI=1S/C21H16BrN3O/c22-17-4-3-16-12-20(25-19(16)13-17)21(26)24-18-5-1-14(2-6-18)11-15-7-9-23-10-8-15/h1-10,12-13,25H,11H2,(H,24,26). The first-order chi connectivity index (χ1) is 12.7. The summed E-state index contributed by atoms with van der Waals surface area (Å²) in [4.78, 5) is 19.7. The van der Waals surface area contributed by atoms with Gasteiger partial charge >= 0.3 is 0 Å². The normalized spacial score (nSPS) is 10.8. The average Bonchev–Trinajstić information content (AvgIpc) is 3.07. The molecule has 0 atom stereocenters. The van der Waals surface area contributed by atoms with E-state index in [1.807, 2.05) is 60.7 Å². The SMILES string of the molecule is O=C(Nc1ccc(Cc2ccncc2)cc1)c1cc2ccc(Br)cc2[nH]1. The number of halogens is 1. The van der Waals surface area contributed by atoms with Gasteiger partial charge in [-0.05, 0) is 60.0 Å². The molecular weight excluding hydrogens is 390 g/mol. The highest BCUT2D eigenvalue weighted by Crippen LogP contribution is 2.21. The molecule has 0 unspecified atom stereocenters. The summed E-state index contributed by atoms with van der Waals surface area (Å²) in [6.07, 6.45) is 4.43. The molecule has 0 radical (unpaired) electrons. The first kappa shape index (κ1) is 16.5. The number of benzene rings is 2. The van der Waals surface area contributed by atoms with E-state index in [9.17, 15) is 4.79 Å². The van der Waals surface area contributed by atoms with Crippen molar-refractivity contribution >= 4 is 38.4 Å². The maximum atomic E-state index is 12.5. The van der Waals surface area contributed by atoms with Gasteiger partial charge < -0.3 is 10.3 Å². The number of nitrogens with one attached hydrogen (secondary N) is 2. The van der Waals surface area contributed by atoms with Crippen LogP contribution in [0.15, 0.2) is 77.5 Å². The van der Waals surface area contributed by atoms with Gasteiger partial charge in [0.2, 0.25) is 0 Å². The third-order valence-electron chi connectivity index (χ3n) is 4.20. The van der Waals surface area contributed by atoms with Gasteiger partial charge in [0, 0.05) is 33.5 Å². The van der Waals surface area contributed by atoms with E-state index in [1.54, 1.807) is 12.4 Å². The molecule has 4 aromatic rings. The molecule has 128 valence electrons. The number of aromatic amines is 1. The molecular formula is C21H16BrN3O. The maximum Gasteiger partial charge on any atom is 0.272 e. The van der Waals surface area contributed by atoms with Crippen LogP contribution in [0.4, 0.5) is 5.69 Å². The predicted octanol–water partition coefficient (Wildman–Crippen LogP) is 5.17. The van der Waals surface area contributed by atoms with Crippen LogP contribution in [0, 0.1) is 0 Å². The Morgan fingerprint density at radius 2 is 1.69 bits per heavy atom. The summed E-state index contributed by atoms with van der Waals surface area (Å²) in [5.74, 6) is -0.154. The maximum absolute atomic E-state index is 12.5. The van der Waals surface area contributed by atoms with Crippen molar-refractivity contribution in [3.8, 4) is 0 Å². The quantitative estimate of drug-likeness (QED) is 0.491. The lowest BCUT2D eigenvalue weighted by atomic mass is 10.1. The van der Waals surface area contributed by atoms with Crippen LogP contribution in [0.25, 0.3) is 10.9 Å².